The molecule has 0 bridgehead atoms. The smallest absolute Gasteiger partial charge is 0.162 e. The number of Topliss-reactive ketones (excluding diaryl/α,β-unsaturated/α-hetero) is 1. The zero-order chi connectivity index (χ0) is 16.0. The molecule has 0 atom stereocenters. The number of hydrogen-bond acceptors (Lipinski definition) is 2. The summed E-state index contributed by atoms with van der Waals surface area (Å²) in [6, 6.07) is 22.6. The van der Waals surface area contributed by atoms with E-state index in [1.165, 1.54) is 0 Å². The highest BCUT2D eigenvalue weighted by Gasteiger charge is 2.27. The number of carbonyl (C=O) groups is 1. The molecule has 0 saturated heterocycles. The van der Waals surface area contributed by atoms with Crippen LogP contribution >= 0.6 is 0 Å². The summed E-state index contributed by atoms with van der Waals surface area (Å²) in [6.07, 6.45) is 0. The van der Waals surface area contributed by atoms with Crippen LogP contribution in [0.1, 0.15) is 18.1 Å². The van der Waals surface area contributed by atoms with Gasteiger partial charge in [0.05, 0.1) is 5.70 Å². The Morgan fingerprint density at radius 1 is 0.870 bits per heavy atom. The van der Waals surface area contributed by atoms with E-state index in [0.29, 0.717) is 0 Å². The Morgan fingerprint density at radius 3 is 2.26 bits per heavy atom. The zero-order valence-corrected chi connectivity index (χ0v) is 13.2. The van der Waals surface area contributed by atoms with Crippen molar-refractivity contribution in [3.8, 4) is 0 Å². The molecule has 0 aliphatic carbocycles. The molecule has 112 valence electrons. The predicted molar refractivity (Wildman–Crippen MR) is 96.3 cm³/mol. The average Bonchev–Trinajstić information content (AvgIpc) is 2.58. The molecule has 3 aromatic rings. The van der Waals surface area contributed by atoms with E-state index in [1.54, 1.807) is 6.92 Å². The molecule has 1 aliphatic rings. The average molecular weight is 299 g/mol. The second kappa shape index (κ2) is 5.10. The van der Waals surface area contributed by atoms with Crippen molar-refractivity contribution >= 4 is 33.5 Å². The summed E-state index contributed by atoms with van der Waals surface area (Å²) in [5.41, 5.74) is 5.00. The van der Waals surface area contributed by atoms with Gasteiger partial charge in [-0.3, -0.25) is 4.79 Å². The van der Waals surface area contributed by atoms with E-state index < -0.39 is 0 Å². The quantitative estimate of drug-likeness (QED) is 0.681. The van der Waals surface area contributed by atoms with E-state index in [-0.39, 0.29) is 5.78 Å². The van der Waals surface area contributed by atoms with Gasteiger partial charge in [-0.15, -0.1) is 0 Å². The summed E-state index contributed by atoms with van der Waals surface area (Å²) in [4.78, 5) is 14.6. The fourth-order valence-corrected chi connectivity index (χ4v) is 3.52. The number of ketones is 1. The minimum Gasteiger partial charge on any atom is -0.343 e. The van der Waals surface area contributed by atoms with Crippen LogP contribution in [0.15, 0.2) is 66.7 Å². The van der Waals surface area contributed by atoms with E-state index in [9.17, 15) is 4.79 Å². The van der Waals surface area contributed by atoms with Crippen LogP contribution in [0.25, 0.3) is 22.0 Å². The molecule has 3 aromatic carbocycles. The molecule has 0 aromatic heterocycles. The van der Waals surface area contributed by atoms with Gasteiger partial charge in [0, 0.05) is 23.7 Å². The Morgan fingerprint density at radius 2 is 1.57 bits per heavy atom. The lowest BCUT2D eigenvalue weighted by Gasteiger charge is -2.32. The number of carbonyl (C=O) groups excluding carboxylic acids is 1. The van der Waals surface area contributed by atoms with Gasteiger partial charge < -0.3 is 4.90 Å². The van der Waals surface area contributed by atoms with Gasteiger partial charge >= 0.3 is 0 Å². The maximum atomic E-state index is 12.5. The first-order chi connectivity index (χ1) is 11.2. The van der Waals surface area contributed by atoms with E-state index >= 15 is 0 Å². The van der Waals surface area contributed by atoms with Gasteiger partial charge in [0.15, 0.2) is 5.78 Å². The molecule has 0 saturated carbocycles. The van der Waals surface area contributed by atoms with Crippen molar-refractivity contribution in [3.63, 3.8) is 0 Å². The third kappa shape index (κ3) is 1.99. The normalized spacial score (nSPS) is 13.6. The number of nitrogens with zero attached hydrogens (tertiary/aromatic N) is 1. The highest BCUT2D eigenvalue weighted by atomic mass is 16.1. The first-order valence-corrected chi connectivity index (χ1v) is 7.75. The third-order valence-electron chi connectivity index (χ3n) is 4.48. The predicted octanol–water partition coefficient (Wildman–Crippen LogP) is 4.75. The Balaban J connectivity index is 2.15. The largest absolute Gasteiger partial charge is 0.343 e. The second-order valence-corrected chi connectivity index (χ2v) is 5.89. The van der Waals surface area contributed by atoms with E-state index in [2.05, 4.69) is 47.4 Å². The summed E-state index contributed by atoms with van der Waals surface area (Å²) in [6.45, 7) is 1.65. The van der Waals surface area contributed by atoms with Gasteiger partial charge in [-0.25, -0.2) is 0 Å². The second-order valence-electron chi connectivity index (χ2n) is 5.89. The lowest BCUT2D eigenvalue weighted by molar-refractivity contribution is -0.111. The molecule has 1 aliphatic heterocycles. The highest BCUT2D eigenvalue weighted by molar-refractivity contribution is 6.33. The summed E-state index contributed by atoms with van der Waals surface area (Å²) in [5.74, 6) is 0.0951. The monoisotopic (exact) mass is 299 g/mol. The number of anilines is 1. The van der Waals surface area contributed by atoms with Gasteiger partial charge in [-0.05, 0) is 29.5 Å². The van der Waals surface area contributed by atoms with Crippen LogP contribution in [0.4, 0.5) is 5.69 Å². The van der Waals surface area contributed by atoms with Crippen molar-refractivity contribution in [2.24, 2.45) is 0 Å². The van der Waals surface area contributed by atoms with Crippen LogP contribution in [0.2, 0.25) is 0 Å². The molecule has 0 radical (unpaired) electrons. The van der Waals surface area contributed by atoms with E-state index in [1.807, 2.05) is 31.3 Å². The Kier molecular flexibility index (Phi) is 3.05. The van der Waals surface area contributed by atoms with Crippen molar-refractivity contribution in [1.29, 1.82) is 0 Å². The number of benzene rings is 3. The van der Waals surface area contributed by atoms with Crippen molar-refractivity contribution < 1.29 is 4.79 Å². The molecule has 0 amide bonds. The first-order valence-electron chi connectivity index (χ1n) is 7.75. The third-order valence-corrected chi connectivity index (χ3v) is 4.48. The SMILES string of the molecule is CC(=O)C1=C(c2ccccc2)N(C)c2cccc3cccc1c23. The molecular formula is C21H17NO. The molecule has 1 heterocycles. The fraction of sp³-hybridized carbons (Fsp3) is 0.0952. The summed E-state index contributed by atoms with van der Waals surface area (Å²) in [7, 11) is 2.04. The lowest BCUT2D eigenvalue weighted by atomic mass is 9.87. The van der Waals surface area contributed by atoms with Gasteiger partial charge in [0.1, 0.15) is 0 Å². The Hall–Kier alpha value is -2.87. The van der Waals surface area contributed by atoms with Crippen molar-refractivity contribution in [3.05, 3.63) is 77.9 Å². The minimum atomic E-state index is 0.0951. The minimum absolute atomic E-state index is 0.0951. The van der Waals surface area contributed by atoms with Crippen molar-refractivity contribution in [1.82, 2.24) is 0 Å². The Labute approximate surface area is 135 Å². The first kappa shape index (κ1) is 13.8. The maximum Gasteiger partial charge on any atom is 0.162 e. The summed E-state index contributed by atoms with van der Waals surface area (Å²) < 4.78 is 0. The van der Waals surface area contributed by atoms with Gasteiger partial charge in [-0.2, -0.15) is 0 Å². The molecule has 4 rings (SSSR count). The molecule has 0 spiro atoms. The fourth-order valence-electron chi connectivity index (χ4n) is 3.52. The number of hydrogen-bond donors (Lipinski definition) is 0. The van der Waals surface area contributed by atoms with E-state index in [4.69, 9.17) is 0 Å². The molecule has 0 fully saturated rings. The molecule has 0 N–H and O–H groups in total. The van der Waals surface area contributed by atoms with Crippen molar-refractivity contribution in [2.75, 3.05) is 11.9 Å². The summed E-state index contributed by atoms with van der Waals surface area (Å²) >= 11 is 0. The van der Waals surface area contributed by atoms with Crippen LogP contribution in [0.3, 0.4) is 0 Å². The van der Waals surface area contributed by atoms with Crippen LogP contribution in [-0.2, 0) is 4.79 Å². The Bertz CT molecular complexity index is 949. The molecule has 2 heteroatoms. The van der Waals surface area contributed by atoms with Crippen LogP contribution in [-0.4, -0.2) is 12.8 Å². The number of allylic oxidation sites excluding steroid dienone is 1. The van der Waals surface area contributed by atoms with Gasteiger partial charge in [-0.1, -0.05) is 60.7 Å². The summed E-state index contributed by atoms with van der Waals surface area (Å²) in [5, 5.41) is 2.32. The standard InChI is InChI=1S/C21H17NO/c1-14(23)19-17-12-6-10-15-11-7-13-18(20(15)17)22(2)21(19)16-8-4-3-5-9-16/h3-13H,1-2H3. The van der Waals surface area contributed by atoms with E-state index in [0.717, 1.165) is 38.9 Å². The van der Waals surface area contributed by atoms with Crippen LogP contribution in [0, 0.1) is 0 Å². The van der Waals surface area contributed by atoms with Gasteiger partial charge in [0.25, 0.3) is 0 Å². The highest BCUT2D eigenvalue weighted by Crippen LogP contribution is 2.44. The van der Waals surface area contributed by atoms with Crippen LogP contribution in [0.5, 0.6) is 0 Å². The topological polar surface area (TPSA) is 20.3 Å². The maximum absolute atomic E-state index is 12.5. The van der Waals surface area contributed by atoms with Crippen LogP contribution < -0.4 is 4.90 Å². The molecule has 23 heavy (non-hydrogen) atoms. The number of rotatable bonds is 2. The van der Waals surface area contributed by atoms with Crippen molar-refractivity contribution in [2.45, 2.75) is 6.92 Å². The zero-order valence-electron chi connectivity index (χ0n) is 13.2. The van der Waals surface area contributed by atoms with Gasteiger partial charge in [0.2, 0.25) is 0 Å². The molecular weight excluding hydrogens is 282 g/mol. The molecule has 2 nitrogen and oxygen atoms in total. The lowest BCUT2D eigenvalue weighted by Crippen LogP contribution is -2.22. The molecule has 0 unspecified atom stereocenters.